The number of hydrogen-bond donors (Lipinski definition) is 1. The number of rotatable bonds is 3. The summed E-state index contributed by atoms with van der Waals surface area (Å²) in [4.78, 5) is 27.3. The molecule has 1 saturated heterocycles. The highest BCUT2D eigenvalue weighted by Gasteiger charge is 2.25. The van der Waals surface area contributed by atoms with Crippen molar-refractivity contribution >= 4 is 33.3 Å². The molecule has 0 spiro atoms. The number of thiophene rings is 1. The number of aromatic nitrogens is 5. The lowest BCUT2D eigenvalue weighted by molar-refractivity contribution is 0.0990. The predicted octanol–water partition coefficient (Wildman–Crippen LogP) is 1.53. The maximum absolute atomic E-state index is 11.2. The third-order valence-corrected chi connectivity index (χ3v) is 5.34. The number of carbonyl (C=O) groups excluding carboxylic acids is 1. The van der Waals surface area contributed by atoms with Crippen LogP contribution in [0.25, 0.3) is 10.2 Å². The molecule has 0 aromatic carbocycles. The van der Waals surface area contributed by atoms with Crippen molar-refractivity contribution < 1.29 is 4.79 Å². The number of anilines is 1. The van der Waals surface area contributed by atoms with Crippen LogP contribution in [0.2, 0.25) is 0 Å². The molecule has 1 amide bonds. The minimum absolute atomic E-state index is 0.0604. The Morgan fingerprint density at radius 3 is 3.04 bits per heavy atom. The van der Waals surface area contributed by atoms with Gasteiger partial charge in [-0.1, -0.05) is 0 Å². The molecular weight excluding hydrogens is 326 g/mol. The number of nitrogens with two attached hydrogens (primary N) is 1. The third-order valence-electron chi connectivity index (χ3n) is 4.33. The molecule has 1 unspecified atom stereocenters. The van der Waals surface area contributed by atoms with Crippen LogP contribution in [-0.2, 0) is 0 Å². The van der Waals surface area contributed by atoms with Crippen LogP contribution in [0, 0.1) is 6.92 Å². The zero-order valence-corrected chi connectivity index (χ0v) is 14.0. The molecule has 3 aromatic rings. The van der Waals surface area contributed by atoms with Crippen LogP contribution in [0.15, 0.2) is 18.0 Å². The Labute approximate surface area is 142 Å². The molecule has 3 aromatic heterocycles. The molecule has 1 aliphatic heterocycles. The number of amides is 1. The molecule has 0 bridgehead atoms. The second kappa shape index (κ2) is 5.82. The summed E-state index contributed by atoms with van der Waals surface area (Å²) in [6.45, 7) is 3.79. The summed E-state index contributed by atoms with van der Waals surface area (Å²) < 4.78 is 1.74. The van der Waals surface area contributed by atoms with Crippen molar-refractivity contribution in [3.05, 3.63) is 29.4 Å². The first-order valence-electron chi connectivity index (χ1n) is 7.78. The van der Waals surface area contributed by atoms with Gasteiger partial charge in [0.05, 0.1) is 11.4 Å². The molecule has 0 aliphatic carbocycles. The monoisotopic (exact) mass is 343 g/mol. The van der Waals surface area contributed by atoms with Gasteiger partial charge in [0.2, 0.25) is 5.82 Å². The Kier molecular flexibility index (Phi) is 3.64. The van der Waals surface area contributed by atoms with Crippen LogP contribution >= 0.6 is 11.3 Å². The number of piperidine rings is 1. The van der Waals surface area contributed by atoms with E-state index in [0.29, 0.717) is 0 Å². The average Bonchev–Trinajstić information content (AvgIpc) is 3.23. The van der Waals surface area contributed by atoms with E-state index in [1.165, 1.54) is 5.56 Å². The van der Waals surface area contributed by atoms with Gasteiger partial charge >= 0.3 is 0 Å². The van der Waals surface area contributed by atoms with Crippen LogP contribution in [0.1, 0.15) is 35.1 Å². The van der Waals surface area contributed by atoms with Crippen LogP contribution in [0.4, 0.5) is 5.82 Å². The fraction of sp³-hybridized carbons (Fsp3) is 0.400. The van der Waals surface area contributed by atoms with Crippen molar-refractivity contribution in [2.45, 2.75) is 25.8 Å². The second-order valence-corrected chi connectivity index (χ2v) is 6.81. The Morgan fingerprint density at radius 1 is 1.38 bits per heavy atom. The van der Waals surface area contributed by atoms with Gasteiger partial charge in [-0.25, -0.2) is 19.6 Å². The zero-order valence-electron chi connectivity index (χ0n) is 13.2. The first-order valence-corrected chi connectivity index (χ1v) is 8.66. The minimum atomic E-state index is -0.604. The van der Waals surface area contributed by atoms with Crippen molar-refractivity contribution in [3.8, 4) is 0 Å². The van der Waals surface area contributed by atoms with Gasteiger partial charge in [0, 0.05) is 13.1 Å². The highest BCUT2D eigenvalue weighted by molar-refractivity contribution is 7.17. The van der Waals surface area contributed by atoms with Crippen molar-refractivity contribution in [3.63, 3.8) is 0 Å². The van der Waals surface area contributed by atoms with E-state index in [2.05, 4.69) is 37.3 Å². The molecule has 0 saturated carbocycles. The highest BCUT2D eigenvalue weighted by atomic mass is 32.1. The van der Waals surface area contributed by atoms with Gasteiger partial charge in [-0.05, 0) is 30.7 Å². The summed E-state index contributed by atoms with van der Waals surface area (Å²) in [5.41, 5.74) is 6.44. The molecule has 2 N–H and O–H groups in total. The van der Waals surface area contributed by atoms with Gasteiger partial charge in [-0.3, -0.25) is 4.79 Å². The Hall–Kier alpha value is -2.55. The summed E-state index contributed by atoms with van der Waals surface area (Å²) in [6.07, 6.45) is 5.21. The van der Waals surface area contributed by atoms with Crippen LogP contribution in [0.3, 0.4) is 0 Å². The molecule has 1 fully saturated rings. The van der Waals surface area contributed by atoms with Crippen LogP contribution in [-0.4, -0.2) is 43.7 Å². The molecule has 8 nitrogen and oxygen atoms in total. The lowest BCUT2D eigenvalue weighted by Crippen LogP contribution is -2.37. The molecule has 0 radical (unpaired) electrons. The molecule has 4 rings (SSSR count). The smallest absolute Gasteiger partial charge is 0.288 e. The molecule has 124 valence electrons. The molecular formula is C15H17N7OS. The van der Waals surface area contributed by atoms with Crippen LogP contribution < -0.4 is 10.6 Å². The van der Waals surface area contributed by atoms with E-state index in [-0.39, 0.29) is 11.9 Å². The third kappa shape index (κ3) is 2.50. The molecule has 1 atom stereocenters. The Bertz CT molecular complexity index is 902. The SMILES string of the molecule is Cc1csc2ncnc(N3CCCC(n4cnc(C(N)=O)n4)C3)c12. The van der Waals surface area contributed by atoms with E-state index >= 15 is 0 Å². The normalized spacial score (nSPS) is 18.2. The van der Waals surface area contributed by atoms with Gasteiger partial charge in [-0.15, -0.1) is 16.4 Å². The van der Waals surface area contributed by atoms with Crippen molar-refractivity contribution in [2.24, 2.45) is 5.73 Å². The molecule has 9 heteroatoms. The maximum Gasteiger partial charge on any atom is 0.288 e. The lowest BCUT2D eigenvalue weighted by Gasteiger charge is -2.33. The number of hydrogen-bond acceptors (Lipinski definition) is 7. The van der Waals surface area contributed by atoms with Crippen molar-refractivity contribution in [1.29, 1.82) is 0 Å². The van der Waals surface area contributed by atoms with Gasteiger partial charge in [0.25, 0.3) is 5.91 Å². The number of carbonyl (C=O) groups is 1. The standard InChI is InChI=1S/C15H17N7OS/c1-9-6-24-15-11(9)14(17-7-18-15)21-4-2-3-10(5-21)22-8-19-13(20-22)12(16)23/h6-8,10H,2-5H2,1H3,(H2,16,23). The predicted molar refractivity (Wildman–Crippen MR) is 91.2 cm³/mol. The van der Waals surface area contributed by atoms with Gasteiger partial charge in [0.1, 0.15) is 23.3 Å². The minimum Gasteiger partial charge on any atom is -0.363 e. The molecule has 4 heterocycles. The van der Waals surface area contributed by atoms with Crippen molar-refractivity contribution in [2.75, 3.05) is 18.0 Å². The second-order valence-electron chi connectivity index (χ2n) is 5.95. The summed E-state index contributed by atoms with van der Waals surface area (Å²) in [7, 11) is 0. The number of aryl methyl sites for hydroxylation is 1. The van der Waals surface area contributed by atoms with E-state index in [0.717, 1.165) is 42.0 Å². The van der Waals surface area contributed by atoms with E-state index in [1.54, 1.807) is 28.7 Å². The van der Waals surface area contributed by atoms with E-state index in [1.807, 2.05) is 0 Å². The summed E-state index contributed by atoms with van der Waals surface area (Å²) in [5.74, 6) is 0.428. The molecule has 24 heavy (non-hydrogen) atoms. The first-order chi connectivity index (χ1) is 11.6. The maximum atomic E-state index is 11.2. The van der Waals surface area contributed by atoms with Gasteiger partial charge < -0.3 is 10.6 Å². The number of fused-ring (bicyclic) bond motifs is 1. The first kappa shape index (κ1) is 15.0. The summed E-state index contributed by atoms with van der Waals surface area (Å²) >= 11 is 1.64. The highest BCUT2D eigenvalue weighted by Crippen LogP contribution is 2.33. The molecule has 1 aliphatic rings. The van der Waals surface area contributed by atoms with Gasteiger partial charge in [-0.2, -0.15) is 0 Å². The number of primary amides is 1. The number of nitrogens with zero attached hydrogens (tertiary/aromatic N) is 6. The van der Waals surface area contributed by atoms with Crippen molar-refractivity contribution in [1.82, 2.24) is 24.7 Å². The largest absolute Gasteiger partial charge is 0.363 e. The lowest BCUT2D eigenvalue weighted by atomic mass is 10.1. The topological polar surface area (TPSA) is 103 Å². The van der Waals surface area contributed by atoms with E-state index in [4.69, 9.17) is 5.73 Å². The van der Waals surface area contributed by atoms with E-state index in [9.17, 15) is 4.79 Å². The van der Waals surface area contributed by atoms with Crippen LogP contribution in [0.5, 0.6) is 0 Å². The average molecular weight is 343 g/mol. The summed E-state index contributed by atoms with van der Waals surface area (Å²) in [5, 5.41) is 7.44. The fourth-order valence-corrected chi connectivity index (χ4v) is 4.05. The fourth-order valence-electron chi connectivity index (χ4n) is 3.16. The summed E-state index contributed by atoms with van der Waals surface area (Å²) in [6, 6.07) is 0.142. The Morgan fingerprint density at radius 2 is 2.25 bits per heavy atom. The quantitative estimate of drug-likeness (QED) is 0.773. The van der Waals surface area contributed by atoms with Gasteiger partial charge in [0.15, 0.2) is 0 Å². The Balaban J connectivity index is 1.64. The van der Waals surface area contributed by atoms with E-state index < -0.39 is 5.91 Å². The zero-order chi connectivity index (χ0) is 16.7.